The zero-order valence-corrected chi connectivity index (χ0v) is 18.2. The van der Waals surface area contributed by atoms with E-state index in [2.05, 4.69) is 20.6 Å². The second kappa shape index (κ2) is 9.55. The van der Waals surface area contributed by atoms with E-state index in [0.29, 0.717) is 15.7 Å². The fourth-order valence-electron chi connectivity index (χ4n) is 2.80. The molecule has 0 bridgehead atoms. The Hall–Kier alpha value is -3.49. The summed E-state index contributed by atoms with van der Waals surface area (Å²) in [5.41, 5.74) is 2.86. The molecule has 6 nitrogen and oxygen atoms in total. The SMILES string of the molecule is CC(=O)Nc1ccc(-c2csc(NC(=O)c3cccnc3Sc3ccccc3)n2)cc1. The minimum Gasteiger partial charge on any atom is -0.326 e. The number of amides is 2. The van der Waals surface area contributed by atoms with E-state index in [9.17, 15) is 9.59 Å². The molecule has 0 aliphatic heterocycles. The first kappa shape index (κ1) is 20.8. The number of hydrogen-bond donors (Lipinski definition) is 2. The molecule has 154 valence electrons. The summed E-state index contributed by atoms with van der Waals surface area (Å²) in [6.07, 6.45) is 1.67. The topological polar surface area (TPSA) is 84.0 Å². The zero-order valence-electron chi connectivity index (χ0n) is 16.5. The third-order valence-electron chi connectivity index (χ3n) is 4.20. The van der Waals surface area contributed by atoms with Crippen molar-refractivity contribution in [1.82, 2.24) is 9.97 Å². The van der Waals surface area contributed by atoms with E-state index in [-0.39, 0.29) is 11.8 Å². The Bertz CT molecular complexity index is 1210. The summed E-state index contributed by atoms with van der Waals surface area (Å²) in [5, 5.41) is 8.63. The van der Waals surface area contributed by atoms with Crippen LogP contribution < -0.4 is 10.6 Å². The molecule has 0 unspecified atom stereocenters. The molecule has 0 spiro atoms. The minimum atomic E-state index is -0.256. The largest absolute Gasteiger partial charge is 0.326 e. The average molecular weight is 447 g/mol. The Morgan fingerprint density at radius 2 is 1.71 bits per heavy atom. The van der Waals surface area contributed by atoms with E-state index in [1.165, 1.54) is 30.0 Å². The molecule has 31 heavy (non-hydrogen) atoms. The van der Waals surface area contributed by atoms with Crippen LogP contribution in [0.15, 0.2) is 88.2 Å². The summed E-state index contributed by atoms with van der Waals surface area (Å²) in [4.78, 5) is 33.9. The van der Waals surface area contributed by atoms with Crippen LogP contribution in [-0.2, 0) is 4.79 Å². The summed E-state index contributed by atoms with van der Waals surface area (Å²) in [6, 6.07) is 20.7. The van der Waals surface area contributed by atoms with E-state index >= 15 is 0 Å². The van der Waals surface area contributed by atoms with Gasteiger partial charge in [-0.25, -0.2) is 9.97 Å². The zero-order chi connectivity index (χ0) is 21.6. The maximum Gasteiger partial charge on any atom is 0.260 e. The van der Waals surface area contributed by atoms with E-state index in [1.807, 2.05) is 60.0 Å². The molecule has 0 saturated carbocycles. The van der Waals surface area contributed by atoms with Crippen LogP contribution in [0.25, 0.3) is 11.3 Å². The first-order chi connectivity index (χ1) is 15.1. The molecule has 0 saturated heterocycles. The Balaban J connectivity index is 1.48. The average Bonchev–Trinajstić information content (AvgIpc) is 3.23. The number of rotatable bonds is 6. The lowest BCUT2D eigenvalue weighted by Crippen LogP contribution is -2.13. The molecule has 4 rings (SSSR count). The van der Waals surface area contributed by atoms with Crippen molar-refractivity contribution in [2.45, 2.75) is 16.8 Å². The van der Waals surface area contributed by atoms with Gasteiger partial charge in [0.2, 0.25) is 5.91 Å². The monoisotopic (exact) mass is 446 g/mol. The van der Waals surface area contributed by atoms with Crippen molar-refractivity contribution < 1.29 is 9.59 Å². The highest BCUT2D eigenvalue weighted by atomic mass is 32.2. The van der Waals surface area contributed by atoms with E-state index in [1.54, 1.807) is 18.3 Å². The number of anilines is 2. The summed E-state index contributed by atoms with van der Waals surface area (Å²) in [5.74, 6) is -0.375. The van der Waals surface area contributed by atoms with Gasteiger partial charge < -0.3 is 5.32 Å². The van der Waals surface area contributed by atoms with Crippen molar-refractivity contribution in [3.8, 4) is 11.3 Å². The van der Waals surface area contributed by atoms with Gasteiger partial charge in [-0.05, 0) is 36.4 Å². The van der Waals surface area contributed by atoms with Crippen molar-refractivity contribution in [2.24, 2.45) is 0 Å². The van der Waals surface area contributed by atoms with Crippen LogP contribution in [0.4, 0.5) is 10.8 Å². The third-order valence-corrected chi connectivity index (χ3v) is 5.98. The Morgan fingerprint density at radius 3 is 2.45 bits per heavy atom. The summed E-state index contributed by atoms with van der Waals surface area (Å²) >= 11 is 2.79. The molecule has 0 atom stereocenters. The fourth-order valence-corrected chi connectivity index (χ4v) is 4.42. The maximum atomic E-state index is 12.9. The molecule has 4 aromatic rings. The van der Waals surface area contributed by atoms with Crippen LogP contribution in [0, 0.1) is 0 Å². The summed E-state index contributed by atoms with van der Waals surface area (Å²) in [6.45, 7) is 1.47. The third kappa shape index (κ3) is 5.36. The predicted octanol–water partition coefficient (Wildman–Crippen LogP) is 5.57. The van der Waals surface area contributed by atoms with Crippen molar-refractivity contribution >= 4 is 45.7 Å². The minimum absolute atomic E-state index is 0.119. The summed E-state index contributed by atoms with van der Waals surface area (Å²) < 4.78 is 0. The molecular weight excluding hydrogens is 428 g/mol. The Labute approximate surface area is 187 Å². The Morgan fingerprint density at radius 1 is 0.935 bits per heavy atom. The Kier molecular flexibility index (Phi) is 6.40. The number of pyridine rings is 1. The molecule has 2 heterocycles. The lowest BCUT2D eigenvalue weighted by atomic mass is 10.1. The van der Waals surface area contributed by atoms with Crippen LogP contribution in [0.3, 0.4) is 0 Å². The molecule has 2 aromatic carbocycles. The first-order valence-electron chi connectivity index (χ1n) is 9.41. The second-order valence-corrected chi connectivity index (χ2v) is 8.44. The van der Waals surface area contributed by atoms with Crippen LogP contribution in [0.2, 0.25) is 0 Å². The lowest BCUT2D eigenvalue weighted by Gasteiger charge is -2.07. The van der Waals surface area contributed by atoms with E-state index < -0.39 is 0 Å². The van der Waals surface area contributed by atoms with Crippen LogP contribution in [-0.4, -0.2) is 21.8 Å². The number of nitrogens with one attached hydrogen (secondary N) is 2. The second-order valence-electron chi connectivity index (χ2n) is 6.52. The smallest absolute Gasteiger partial charge is 0.260 e. The lowest BCUT2D eigenvalue weighted by molar-refractivity contribution is -0.114. The maximum absolute atomic E-state index is 12.9. The number of aromatic nitrogens is 2. The van der Waals surface area contributed by atoms with Gasteiger partial charge in [-0.15, -0.1) is 11.3 Å². The summed E-state index contributed by atoms with van der Waals surface area (Å²) in [7, 11) is 0. The normalized spacial score (nSPS) is 10.5. The molecule has 0 aliphatic rings. The quantitative estimate of drug-likeness (QED) is 0.405. The fraction of sp³-hybridized carbons (Fsp3) is 0.0435. The molecule has 2 amide bonds. The number of thiazole rings is 1. The predicted molar refractivity (Wildman–Crippen MR) is 125 cm³/mol. The molecule has 2 N–H and O–H groups in total. The molecule has 8 heteroatoms. The van der Waals surface area contributed by atoms with E-state index in [0.717, 1.165) is 21.8 Å². The van der Waals surface area contributed by atoms with Crippen molar-refractivity contribution in [2.75, 3.05) is 10.6 Å². The van der Waals surface area contributed by atoms with Crippen LogP contribution in [0.1, 0.15) is 17.3 Å². The van der Waals surface area contributed by atoms with Gasteiger partial charge in [-0.1, -0.05) is 42.1 Å². The molecule has 0 fully saturated rings. The van der Waals surface area contributed by atoms with Crippen LogP contribution in [0.5, 0.6) is 0 Å². The number of hydrogen-bond acceptors (Lipinski definition) is 6. The van der Waals surface area contributed by atoms with Gasteiger partial charge in [0, 0.05) is 34.6 Å². The molecule has 2 aromatic heterocycles. The van der Waals surface area contributed by atoms with Gasteiger partial charge in [0.15, 0.2) is 5.13 Å². The van der Waals surface area contributed by atoms with Crippen LogP contribution >= 0.6 is 23.1 Å². The number of carbonyl (C=O) groups excluding carboxylic acids is 2. The van der Waals surface area contributed by atoms with Gasteiger partial charge in [-0.2, -0.15) is 0 Å². The highest BCUT2D eigenvalue weighted by molar-refractivity contribution is 7.99. The van der Waals surface area contributed by atoms with Gasteiger partial charge in [0.1, 0.15) is 5.03 Å². The highest BCUT2D eigenvalue weighted by Crippen LogP contribution is 2.30. The molecule has 0 radical (unpaired) electrons. The van der Waals surface area contributed by atoms with Gasteiger partial charge in [0.25, 0.3) is 5.91 Å². The molecular formula is C23H18N4O2S2. The van der Waals surface area contributed by atoms with Crippen molar-refractivity contribution in [3.05, 3.63) is 83.9 Å². The first-order valence-corrected chi connectivity index (χ1v) is 11.1. The number of nitrogens with zero attached hydrogens (tertiary/aromatic N) is 2. The van der Waals surface area contributed by atoms with Gasteiger partial charge in [0.05, 0.1) is 11.3 Å². The number of carbonyl (C=O) groups is 2. The molecule has 0 aliphatic carbocycles. The highest BCUT2D eigenvalue weighted by Gasteiger charge is 2.15. The van der Waals surface area contributed by atoms with Crippen molar-refractivity contribution in [1.29, 1.82) is 0 Å². The standard InChI is InChI=1S/C23H18N4O2S2/c1-15(28)25-17-11-9-16(10-12-17)20-14-30-23(26-20)27-21(29)19-8-5-13-24-22(19)31-18-6-3-2-4-7-18/h2-14H,1H3,(H,25,28)(H,26,27,29). The van der Waals surface area contributed by atoms with E-state index in [4.69, 9.17) is 0 Å². The van der Waals surface area contributed by atoms with Gasteiger partial charge in [-0.3, -0.25) is 14.9 Å². The van der Waals surface area contributed by atoms with Gasteiger partial charge >= 0.3 is 0 Å². The van der Waals surface area contributed by atoms with Crippen molar-refractivity contribution in [3.63, 3.8) is 0 Å². The number of benzene rings is 2.